The van der Waals surface area contributed by atoms with Gasteiger partial charge in [-0.3, -0.25) is 9.78 Å². The van der Waals surface area contributed by atoms with Gasteiger partial charge in [-0.25, -0.2) is 9.37 Å². The number of anilines is 1. The summed E-state index contributed by atoms with van der Waals surface area (Å²) in [5, 5.41) is 12.6. The molecule has 2 atom stereocenters. The molecule has 1 amide bonds. The number of phenols is 1. The third kappa shape index (κ3) is 4.32. The molecule has 1 fully saturated rings. The number of rotatable bonds is 4. The van der Waals surface area contributed by atoms with Crippen LogP contribution in [0.1, 0.15) is 54.6 Å². The maximum atomic E-state index is 14.2. The van der Waals surface area contributed by atoms with Gasteiger partial charge in [-0.1, -0.05) is 25.8 Å². The molecule has 0 saturated heterocycles. The standard InChI is InChI=1S/C24H24FN3O2/c1-15-4-2-5-16(12-15)18-10-11-26-14-23(18)28-24(30)22-7-3-6-21(27-22)19-13-17(29)8-9-20(19)25/h3,6-11,13-16,29H,2,4-5,12H2,1H3,(H,28,30)/t15-,16+/m0/s1. The van der Waals surface area contributed by atoms with Gasteiger partial charge >= 0.3 is 0 Å². The van der Waals surface area contributed by atoms with E-state index in [4.69, 9.17) is 0 Å². The van der Waals surface area contributed by atoms with Crippen LogP contribution >= 0.6 is 0 Å². The van der Waals surface area contributed by atoms with E-state index in [0.29, 0.717) is 17.5 Å². The van der Waals surface area contributed by atoms with Crippen LogP contribution in [0, 0.1) is 11.7 Å². The highest BCUT2D eigenvalue weighted by molar-refractivity contribution is 6.03. The van der Waals surface area contributed by atoms with Gasteiger partial charge < -0.3 is 10.4 Å². The van der Waals surface area contributed by atoms with E-state index in [0.717, 1.165) is 18.4 Å². The van der Waals surface area contributed by atoms with Crippen LogP contribution in [0.5, 0.6) is 5.75 Å². The molecule has 0 bridgehead atoms. The first kappa shape index (κ1) is 20.0. The molecule has 0 radical (unpaired) electrons. The van der Waals surface area contributed by atoms with Crippen molar-refractivity contribution in [3.05, 3.63) is 71.9 Å². The summed E-state index contributed by atoms with van der Waals surface area (Å²) < 4.78 is 14.2. The molecule has 30 heavy (non-hydrogen) atoms. The molecule has 1 aromatic carbocycles. The molecular weight excluding hydrogens is 381 g/mol. The number of carbonyl (C=O) groups is 1. The number of aromatic hydroxyl groups is 1. The van der Waals surface area contributed by atoms with Crippen molar-refractivity contribution in [1.82, 2.24) is 9.97 Å². The number of halogens is 1. The molecule has 0 spiro atoms. The number of benzene rings is 1. The molecule has 0 aliphatic heterocycles. The summed E-state index contributed by atoms with van der Waals surface area (Å²) in [6.45, 7) is 2.27. The zero-order valence-corrected chi connectivity index (χ0v) is 16.8. The Labute approximate surface area is 175 Å². The smallest absolute Gasteiger partial charge is 0.274 e. The summed E-state index contributed by atoms with van der Waals surface area (Å²) in [6.07, 6.45) is 8.05. The second kappa shape index (κ2) is 8.61. The number of phenolic OH excluding ortho intramolecular Hbond substituents is 1. The van der Waals surface area contributed by atoms with Gasteiger partial charge in [0.15, 0.2) is 0 Å². The van der Waals surface area contributed by atoms with E-state index in [9.17, 15) is 14.3 Å². The van der Waals surface area contributed by atoms with Crippen molar-refractivity contribution >= 4 is 11.6 Å². The number of aromatic nitrogens is 2. The number of amides is 1. The summed E-state index contributed by atoms with van der Waals surface area (Å²) in [5.41, 5.74) is 2.38. The molecule has 6 heteroatoms. The number of nitrogens with zero attached hydrogens (tertiary/aromatic N) is 2. The predicted octanol–water partition coefficient (Wildman–Crippen LogP) is 5.53. The average Bonchev–Trinajstić information content (AvgIpc) is 2.76. The van der Waals surface area contributed by atoms with Crippen molar-refractivity contribution in [2.24, 2.45) is 5.92 Å². The van der Waals surface area contributed by atoms with Crippen molar-refractivity contribution in [1.29, 1.82) is 0 Å². The van der Waals surface area contributed by atoms with Gasteiger partial charge in [0.25, 0.3) is 5.91 Å². The predicted molar refractivity (Wildman–Crippen MR) is 114 cm³/mol. The fraction of sp³-hybridized carbons (Fsp3) is 0.292. The number of nitrogens with one attached hydrogen (secondary N) is 1. The van der Waals surface area contributed by atoms with Gasteiger partial charge in [0.2, 0.25) is 0 Å². The summed E-state index contributed by atoms with van der Waals surface area (Å²) in [7, 11) is 0. The van der Waals surface area contributed by atoms with Crippen LogP contribution in [0.4, 0.5) is 10.1 Å². The summed E-state index contributed by atoms with van der Waals surface area (Å²) >= 11 is 0. The van der Waals surface area contributed by atoms with Gasteiger partial charge in [0, 0.05) is 11.8 Å². The Morgan fingerprint density at radius 3 is 2.90 bits per heavy atom. The Balaban J connectivity index is 1.59. The highest BCUT2D eigenvalue weighted by Gasteiger charge is 2.23. The minimum atomic E-state index is -0.515. The quantitative estimate of drug-likeness (QED) is 0.598. The van der Waals surface area contributed by atoms with Crippen LogP contribution < -0.4 is 5.32 Å². The minimum absolute atomic E-state index is 0.0650. The lowest BCUT2D eigenvalue weighted by molar-refractivity contribution is 0.102. The third-order valence-corrected chi connectivity index (χ3v) is 5.69. The first-order valence-corrected chi connectivity index (χ1v) is 10.2. The Bertz CT molecular complexity index is 1070. The van der Waals surface area contributed by atoms with E-state index in [2.05, 4.69) is 22.2 Å². The Hall–Kier alpha value is -3.28. The molecular formula is C24H24FN3O2. The van der Waals surface area contributed by atoms with Gasteiger partial charge in [-0.05, 0) is 66.6 Å². The van der Waals surface area contributed by atoms with E-state index in [1.165, 1.54) is 31.0 Å². The molecule has 1 saturated carbocycles. The molecule has 1 aliphatic carbocycles. The largest absolute Gasteiger partial charge is 0.508 e. The minimum Gasteiger partial charge on any atom is -0.508 e. The molecule has 2 N–H and O–H groups in total. The maximum absolute atomic E-state index is 14.2. The Kier molecular flexibility index (Phi) is 5.74. The molecule has 3 aromatic rings. The summed E-state index contributed by atoms with van der Waals surface area (Å²) in [6, 6.07) is 10.5. The van der Waals surface area contributed by atoms with Gasteiger partial charge in [-0.2, -0.15) is 0 Å². The second-order valence-corrected chi connectivity index (χ2v) is 7.96. The van der Waals surface area contributed by atoms with Crippen LogP contribution in [0.3, 0.4) is 0 Å². The van der Waals surface area contributed by atoms with Crippen molar-refractivity contribution in [3.8, 4) is 17.0 Å². The number of carbonyl (C=O) groups excluding carboxylic acids is 1. The van der Waals surface area contributed by atoms with Crippen LogP contribution in [0.15, 0.2) is 54.9 Å². The van der Waals surface area contributed by atoms with E-state index in [1.807, 2.05) is 6.07 Å². The Morgan fingerprint density at radius 1 is 1.20 bits per heavy atom. The van der Waals surface area contributed by atoms with E-state index in [-0.39, 0.29) is 28.6 Å². The maximum Gasteiger partial charge on any atom is 0.274 e. The molecule has 5 nitrogen and oxygen atoms in total. The van der Waals surface area contributed by atoms with Crippen molar-refractivity contribution in [3.63, 3.8) is 0 Å². The van der Waals surface area contributed by atoms with Gasteiger partial charge in [-0.15, -0.1) is 0 Å². The lowest BCUT2D eigenvalue weighted by Gasteiger charge is -2.28. The summed E-state index contributed by atoms with van der Waals surface area (Å²) in [4.78, 5) is 21.4. The molecule has 2 aromatic heterocycles. The highest BCUT2D eigenvalue weighted by Crippen LogP contribution is 2.38. The van der Waals surface area contributed by atoms with Crippen LogP contribution in [-0.4, -0.2) is 21.0 Å². The third-order valence-electron chi connectivity index (χ3n) is 5.69. The van der Waals surface area contributed by atoms with E-state index >= 15 is 0 Å². The molecule has 4 rings (SSSR count). The second-order valence-electron chi connectivity index (χ2n) is 7.96. The number of hydrogen-bond donors (Lipinski definition) is 2. The van der Waals surface area contributed by atoms with E-state index < -0.39 is 5.82 Å². The fourth-order valence-electron chi connectivity index (χ4n) is 4.19. The van der Waals surface area contributed by atoms with Crippen molar-refractivity contribution in [2.45, 2.75) is 38.5 Å². The summed E-state index contributed by atoms with van der Waals surface area (Å²) in [5.74, 6) is 0.0999. The normalized spacial score (nSPS) is 18.7. The lowest BCUT2D eigenvalue weighted by Crippen LogP contribution is -2.18. The highest BCUT2D eigenvalue weighted by atomic mass is 19.1. The van der Waals surface area contributed by atoms with Crippen LogP contribution in [-0.2, 0) is 0 Å². The lowest BCUT2D eigenvalue weighted by atomic mass is 9.78. The first-order chi connectivity index (χ1) is 14.5. The fourth-order valence-corrected chi connectivity index (χ4v) is 4.19. The van der Waals surface area contributed by atoms with Crippen LogP contribution in [0.25, 0.3) is 11.3 Å². The Morgan fingerprint density at radius 2 is 2.07 bits per heavy atom. The molecule has 154 valence electrons. The molecule has 2 heterocycles. The average molecular weight is 405 g/mol. The topological polar surface area (TPSA) is 75.1 Å². The molecule has 1 aliphatic rings. The zero-order chi connectivity index (χ0) is 21.1. The SMILES string of the molecule is C[C@H]1CCC[C@@H](c2ccncc2NC(=O)c2cccc(-c3cc(O)ccc3F)n2)C1. The first-order valence-electron chi connectivity index (χ1n) is 10.2. The van der Waals surface area contributed by atoms with E-state index in [1.54, 1.807) is 30.6 Å². The van der Waals surface area contributed by atoms with Crippen LogP contribution in [0.2, 0.25) is 0 Å². The van der Waals surface area contributed by atoms with Gasteiger partial charge in [0.1, 0.15) is 17.3 Å². The zero-order valence-electron chi connectivity index (χ0n) is 16.8. The molecule has 0 unspecified atom stereocenters. The monoisotopic (exact) mass is 405 g/mol. The number of hydrogen-bond acceptors (Lipinski definition) is 4. The number of pyridine rings is 2. The van der Waals surface area contributed by atoms with Crippen molar-refractivity contribution in [2.75, 3.05) is 5.32 Å². The van der Waals surface area contributed by atoms with Gasteiger partial charge in [0.05, 0.1) is 17.6 Å². The van der Waals surface area contributed by atoms with Crippen molar-refractivity contribution < 1.29 is 14.3 Å².